The van der Waals surface area contributed by atoms with Crippen LogP contribution in [0.3, 0.4) is 0 Å². The van der Waals surface area contributed by atoms with Crippen molar-refractivity contribution in [3.63, 3.8) is 0 Å². The number of benzene rings is 2. The van der Waals surface area contributed by atoms with E-state index >= 15 is 0 Å². The van der Waals surface area contributed by atoms with Crippen molar-refractivity contribution in [2.45, 2.75) is 19.0 Å². The van der Waals surface area contributed by atoms with Crippen LogP contribution >= 0.6 is 0 Å². The van der Waals surface area contributed by atoms with Gasteiger partial charge in [-0.05, 0) is 36.2 Å². The fourth-order valence-corrected chi connectivity index (χ4v) is 3.28. The second-order valence-corrected chi connectivity index (χ2v) is 6.45. The van der Waals surface area contributed by atoms with Crippen molar-refractivity contribution in [1.82, 2.24) is 15.2 Å². The maximum atomic E-state index is 13.2. The van der Waals surface area contributed by atoms with Crippen molar-refractivity contribution in [1.29, 1.82) is 0 Å². The summed E-state index contributed by atoms with van der Waals surface area (Å²) in [6, 6.07) is 14.5. The molecule has 1 fully saturated rings. The summed E-state index contributed by atoms with van der Waals surface area (Å²) in [5.74, 6) is -0.769. The van der Waals surface area contributed by atoms with E-state index in [4.69, 9.17) is 0 Å². The first-order valence-corrected chi connectivity index (χ1v) is 8.22. The lowest BCUT2D eigenvalue weighted by molar-refractivity contribution is -0.131. The second-order valence-electron chi connectivity index (χ2n) is 6.45. The standard InChI is InChI=1S/C20H16FN3O2/c1-20(15-7-9-16(21)10-8-15)18(25)24(19(26)23-20)12-14-5-2-4-13-6-3-11-22-17(13)14/h2-11H,12H2,1H3,(H,23,26)/t20-/m1/s1. The number of fused-ring (bicyclic) bond motifs is 1. The number of aromatic nitrogens is 1. The van der Waals surface area contributed by atoms with Gasteiger partial charge in [0.05, 0.1) is 12.1 Å². The number of urea groups is 1. The number of pyridine rings is 1. The molecule has 130 valence electrons. The molecule has 1 aromatic heterocycles. The summed E-state index contributed by atoms with van der Waals surface area (Å²) < 4.78 is 13.2. The average Bonchev–Trinajstić information content (AvgIpc) is 2.86. The highest BCUT2D eigenvalue weighted by Crippen LogP contribution is 2.30. The number of carbonyl (C=O) groups excluding carboxylic acids is 2. The highest BCUT2D eigenvalue weighted by Gasteiger charge is 2.48. The molecule has 4 rings (SSSR count). The van der Waals surface area contributed by atoms with Gasteiger partial charge >= 0.3 is 6.03 Å². The van der Waals surface area contributed by atoms with Gasteiger partial charge < -0.3 is 5.32 Å². The van der Waals surface area contributed by atoms with Crippen LogP contribution in [-0.2, 0) is 16.9 Å². The molecule has 2 heterocycles. The number of hydrogen-bond acceptors (Lipinski definition) is 3. The van der Waals surface area contributed by atoms with E-state index in [0.29, 0.717) is 5.56 Å². The first-order chi connectivity index (χ1) is 12.5. The largest absolute Gasteiger partial charge is 0.325 e. The number of nitrogens with one attached hydrogen (secondary N) is 1. The smallest absolute Gasteiger partial charge is 0.319 e. The van der Waals surface area contributed by atoms with E-state index in [0.717, 1.165) is 16.5 Å². The van der Waals surface area contributed by atoms with Crippen LogP contribution < -0.4 is 5.32 Å². The zero-order chi connectivity index (χ0) is 18.3. The Balaban J connectivity index is 1.68. The molecule has 0 spiro atoms. The number of para-hydroxylation sites is 1. The SMILES string of the molecule is C[C@]1(c2ccc(F)cc2)NC(=O)N(Cc2cccc3cccnc23)C1=O. The molecule has 3 aromatic rings. The van der Waals surface area contributed by atoms with Crippen molar-refractivity contribution in [3.8, 4) is 0 Å². The van der Waals surface area contributed by atoms with Gasteiger partial charge in [-0.15, -0.1) is 0 Å². The topological polar surface area (TPSA) is 62.3 Å². The zero-order valence-corrected chi connectivity index (χ0v) is 14.1. The van der Waals surface area contributed by atoms with Gasteiger partial charge in [-0.1, -0.05) is 36.4 Å². The first kappa shape index (κ1) is 16.2. The number of hydrogen-bond donors (Lipinski definition) is 1. The fourth-order valence-electron chi connectivity index (χ4n) is 3.28. The highest BCUT2D eigenvalue weighted by molar-refractivity contribution is 6.07. The Hall–Kier alpha value is -3.28. The van der Waals surface area contributed by atoms with E-state index < -0.39 is 17.4 Å². The Bertz CT molecular complexity index is 1010. The van der Waals surface area contributed by atoms with Gasteiger partial charge in [-0.2, -0.15) is 0 Å². The predicted molar refractivity (Wildman–Crippen MR) is 94.6 cm³/mol. The van der Waals surface area contributed by atoms with Crippen molar-refractivity contribution < 1.29 is 14.0 Å². The lowest BCUT2D eigenvalue weighted by atomic mass is 9.92. The summed E-state index contributed by atoms with van der Waals surface area (Å²) in [5.41, 5.74) is 0.861. The first-order valence-electron chi connectivity index (χ1n) is 8.22. The molecule has 0 bridgehead atoms. The fraction of sp³-hybridized carbons (Fsp3) is 0.150. The number of carbonyl (C=O) groups is 2. The number of amides is 3. The van der Waals surface area contributed by atoms with E-state index in [9.17, 15) is 14.0 Å². The maximum Gasteiger partial charge on any atom is 0.325 e. The van der Waals surface area contributed by atoms with Crippen LogP contribution in [0.2, 0.25) is 0 Å². The number of nitrogens with zero attached hydrogens (tertiary/aromatic N) is 2. The summed E-state index contributed by atoms with van der Waals surface area (Å²) in [6.45, 7) is 1.75. The minimum absolute atomic E-state index is 0.121. The molecule has 0 radical (unpaired) electrons. The Labute approximate surface area is 149 Å². The Morgan fingerprint density at radius 3 is 2.58 bits per heavy atom. The summed E-state index contributed by atoms with van der Waals surface area (Å²) >= 11 is 0. The molecule has 1 aliphatic rings. The summed E-state index contributed by atoms with van der Waals surface area (Å²) in [5, 5.41) is 3.67. The molecule has 1 atom stereocenters. The van der Waals surface area contributed by atoms with Crippen LogP contribution in [0.15, 0.2) is 60.8 Å². The minimum Gasteiger partial charge on any atom is -0.319 e. The molecule has 1 saturated heterocycles. The Kier molecular flexibility index (Phi) is 3.68. The van der Waals surface area contributed by atoms with Crippen LogP contribution in [0.4, 0.5) is 9.18 Å². The highest BCUT2D eigenvalue weighted by atomic mass is 19.1. The van der Waals surface area contributed by atoms with E-state index in [1.54, 1.807) is 13.1 Å². The Morgan fingerprint density at radius 1 is 1.08 bits per heavy atom. The lowest BCUT2D eigenvalue weighted by Gasteiger charge is -2.22. The molecular weight excluding hydrogens is 333 g/mol. The van der Waals surface area contributed by atoms with Crippen molar-refractivity contribution in [2.24, 2.45) is 0 Å². The van der Waals surface area contributed by atoms with E-state index in [1.165, 1.54) is 29.2 Å². The van der Waals surface area contributed by atoms with Gasteiger partial charge in [0.25, 0.3) is 5.91 Å². The summed E-state index contributed by atoms with van der Waals surface area (Å²) in [6.07, 6.45) is 1.68. The third-order valence-corrected chi connectivity index (χ3v) is 4.74. The van der Waals surface area contributed by atoms with E-state index in [1.807, 2.05) is 30.3 Å². The predicted octanol–water partition coefficient (Wildman–Crippen LogP) is 3.34. The molecule has 0 unspecified atom stereocenters. The van der Waals surface area contributed by atoms with Gasteiger partial charge in [-0.3, -0.25) is 14.7 Å². The summed E-state index contributed by atoms with van der Waals surface area (Å²) in [7, 11) is 0. The molecule has 2 aromatic carbocycles. The quantitative estimate of drug-likeness (QED) is 0.738. The van der Waals surface area contributed by atoms with Crippen molar-refractivity contribution >= 4 is 22.8 Å². The van der Waals surface area contributed by atoms with Crippen molar-refractivity contribution in [3.05, 3.63) is 77.7 Å². The summed E-state index contributed by atoms with van der Waals surface area (Å²) in [4.78, 5) is 31.0. The van der Waals surface area contributed by atoms with Gasteiger partial charge in [-0.25, -0.2) is 9.18 Å². The zero-order valence-electron chi connectivity index (χ0n) is 14.1. The molecule has 1 aliphatic heterocycles. The van der Waals surface area contributed by atoms with Crippen LogP contribution in [-0.4, -0.2) is 21.8 Å². The van der Waals surface area contributed by atoms with E-state index in [-0.39, 0.29) is 12.5 Å². The Morgan fingerprint density at radius 2 is 1.81 bits per heavy atom. The third-order valence-electron chi connectivity index (χ3n) is 4.74. The molecule has 0 saturated carbocycles. The van der Waals surface area contributed by atoms with Crippen LogP contribution in [0.25, 0.3) is 10.9 Å². The second kappa shape index (κ2) is 5.91. The molecule has 0 aliphatic carbocycles. The molecule has 6 heteroatoms. The van der Waals surface area contributed by atoms with Crippen LogP contribution in [0, 0.1) is 5.82 Å². The number of imide groups is 1. The maximum absolute atomic E-state index is 13.2. The molecule has 5 nitrogen and oxygen atoms in total. The van der Waals surface area contributed by atoms with Crippen LogP contribution in [0.5, 0.6) is 0 Å². The minimum atomic E-state index is -1.22. The molecule has 3 amide bonds. The van der Waals surface area contributed by atoms with Gasteiger partial charge in [0.2, 0.25) is 0 Å². The van der Waals surface area contributed by atoms with Crippen molar-refractivity contribution in [2.75, 3.05) is 0 Å². The van der Waals surface area contributed by atoms with Gasteiger partial charge in [0.1, 0.15) is 11.4 Å². The molecular formula is C20H16FN3O2. The third kappa shape index (κ3) is 2.50. The number of halogens is 1. The average molecular weight is 349 g/mol. The normalized spacial score (nSPS) is 19.8. The van der Waals surface area contributed by atoms with E-state index in [2.05, 4.69) is 10.3 Å². The molecule has 1 N–H and O–H groups in total. The van der Waals surface area contributed by atoms with Gasteiger partial charge in [0.15, 0.2) is 0 Å². The molecule has 26 heavy (non-hydrogen) atoms. The number of rotatable bonds is 3. The van der Waals surface area contributed by atoms with Gasteiger partial charge in [0, 0.05) is 11.6 Å². The van der Waals surface area contributed by atoms with Crippen LogP contribution in [0.1, 0.15) is 18.1 Å². The monoisotopic (exact) mass is 349 g/mol. The lowest BCUT2D eigenvalue weighted by Crippen LogP contribution is -2.40.